The van der Waals surface area contributed by atoms with Crippen LogP contribution in [0, 0.1) is 6.92 Å². The van der Waals surface area contributed by atoms with Gasteiger partial charge in [0, 0.05) is 11.3 Å². The van der Waals surface area contributed by atoms with Crippen molar-refractivity contribution in [2.24, 2.45) is 0 Å². The first-order chi connectivity index (χ1) is 10.0. The standard InChI is InChI=1S/C11H16N6O.CH2O2/c1-4-9-7(2)15-16-10(9)14-11(18)8(3)17-6-12-5-13-17;2-1-3/h5-6,8H,4H2,1-3H3,(H2,14,15,16,18);1H,(H,2,3). The van der Waals surface area contributed by atoms with Gasteiger partial charge in [-0.25, -0.2) is 9.67 Å². The van der Waals surface area contributed by atoms with Crippen LogP contribution >= 0.6 is 0 Å². The van der Waals surface area contributed by atoms with Gasteiger partial charge in [-0.05, 0) is 20.3 Å². The van der Waals surface area contributed by atoms with Gasteiger partial charge < -0.3 is 10.4 Å². The van der Waals surface area contributed by atoms with E-state index in [4.69, 9.17) is 9.90 Å². The van der Waals surface area contributed by atoms with E-state index in [2.05, 4.69) is 25.6 Å². The Labute approximate surface area is 121 Å². The molecule has 1 atom stereocenters. The Hall–Kier alpha value is -2.71. The lowest BCUT2D eigenvalue weighted by Gasteiger charge is -2.11. The third kappa shape index (κ3) is 4.13. The third-order valence-electron chi connectivity index (χ3n) is 2.88. The fourth-order valence-corrected chi connectivity index (χ4v) is 1.75. The first-order valence-corrected chi connectivity index (χ1v) is 6.31. The van der Waals surface area contributed by atoms with Crippen LogP contribution in [0.3, 0.4) is 0 Å². The minimum atomic E-state index is -0.422. The van der Waals surface area contributed by atoms with Crippen LogP contribution in [-0.2, 0) is 16.0 Å². The summed E-state index contributed by atoms with van der Waals surface area (Å²) in [5, 5.41) is 20.6. The Morgan fingerprint density at radius 3 is 2.81 bits per heavy atom. The lowest BCUT2D eigenvalue weighted by Crippen LogP contribution is -2.24. The van der Waals surface area contributed by atoms with Crippen LogP contribution in [0.1, 0.15) is 31.1 Å². The summed E-state index contributed by atoms with van der Waals surface area (Å²) in [4.78, 5) is 24.2. The number of anilines is 1. The van der Waals surface area contributed by atoms with Crippen molar-refractivity contribution in [2.75, 3.05) is 5.32 Å². The number of nitrogens with one attached hydrogen (secondary N) is 2. The molecular formula is C12H18N6O3. The van der Waals surface area contributed by atoms with Crippen molar-refractivity contribution in [1.82, 2.24) is 25.0 Å². The predicted octanol–water partition coefficient (Wildman–Crippen LogP) is 0.773. The molecule has 0 radical (unpaired) electrons. The molecule has 21 heavy (non-hydrogen) atoms. The van der Waals surface area contributed by atoms with E-state index in [1.807, 2.05) is 13.8 Å². The van der Waals surface area contributed by atoms with Crippen molar-refractivity contribution in [3.05, 3.63) is 23.9 Å². The summed E-state index contributed by atoms with van der Waals surface area (Å²) in [6.45, 7) is 5.46. The molecule has 0 saturated carbocycles. The van der Waals surface area contributed by atoms with E-state index in [9.17, 15) is 4.79 Å². The van der Waals surface area contributed by atoms with Crippen LogP contribution in [0.4, 0.5) is 5.82 Å². The van der Waals surface area contributed by atoms with Crippen LogP contribution in [0.5, 0.6) is 0 Å². The highest BCUT2D eigenvalue weighted by atomic mass is 16.3. The molecule has 0 fully saturated rings. The van der Waals surface area contributed by atoms with E-state index < -0.39 is 6.04 Å². The second kappa shape index (κ2) is 7.78. The Morgan fingerprint density at radius 1 is 1.62 bits per heavy atom. The van der Waals surface area contributed by atoms with Gasteiger partial charge in [0.15, 0.2) is 5.82 Å². The number of rotatable bonds is 4. The summed E-state index contributed by atoms with van der Waals surface area (Å²) in [7, 11) is 0. The molecule has 0 aliphatic carbocycles. The van der Waals surface area contributed by atoms with Crippen molar-refractivity contribution < 1.29 is 14.7 Å². The van der Waals surface area contributed by atoms with E-state index in [1.165, 1.54) is 17.3 Å². The van der Waals surface area contributed by atoms with Crippen LogP contribution in [0.15, 0.2) is 12.7 Å². The van der Waals surface area contributed by atoms with E-state index in [0.717, 1.165) is 17.7 Å². The summed E-state index contributed by atoms with van der Waals surface area (Å²) >= 11 is 0. The van der Waals surface area contributed by atoms with Gasteiger partial charge in [-0.15, -0.1) is 0 Å². The van der Waals surface area contributed by atoms with Gasteiger partial charge in [-0.2, -0.15) is 10.2 Å². The summed E-state index contributed by atoms with van der Waals surface area (Å²) in [6.07, 6.45) is 3.73. The molecule has 2 heterocycles. The Bertz CT molecular complexity index is 578. The first kappa shape index (κ1) is 16.3. The van der Waals surface area contributed by atoms with Crippen LogP contribution < -0.4 is 5.32 Å². The van der Waals surface area contributed by atoms with Crippen molar-refractivity contribution in [2.45, 2.75) is 33.2 Å². The molecule has 1 unspecified atom stereocenters. The minimum Gasteiger partial charge on any atom is -0.483 e. The molecule has 114 valence electrons. The van der Waals surface area contributed by atoms with Crippen LogP contribution in [0.2, 0.25) is 0 Å². The number of aromatic nitrogens is 5. The molecule has 2 rings (SSSR count). The second-order valence-corrected chi connectivity index (χ2v) is 4.18. The van der Waals surface area contributed by atoms with Gasteiger partial charge >= 0.3 is 0 Å². The topological polar surface area (TPSA) is 126 Å². The minimum absolute atomic E-state index is 0.165. The van der Waals surface area contributed by atoms with Crippen LogP contribution in [0.25, 0.3) is 0 Å². The number of aryl methyl sites for hydroxylation is 1. The zero-order chi connectivity index (χ0) is 15.8. The SMILES string of the molecule is CCc1c(NC(=O)C(C)n2cncn2)n[nH]c1C.O=CO. The summed E-state index contributed by atoms with van der Waals surface area (Å²) < 4.78 is 1.50. The molecule has 2 aromatic heterocycles. The molecule has 0 aliphatic heterocycles. The van der Waals surface area contributed by atoms with E-state index in [1.54, 1.807) is 6.92 Å². The number of carbonyl (C=O) groups is 2. The Kier molecular flexibility index (Phi) is 6.05. The molecular weight excluding hydrogens is 276 g/mol. The van der Waals surface area contributed by atoms with Crippen LogP contribution in [-0.4, -0.2) is 42.4 Å². The molecule has 9 nitrogen and oxygen atoms in total. The van der Waals surface area contributed by atoms with E-state index in [-0.39, 0.29) is 12.4 Å². The van der Waals surface area contributed by atoms with Gasteiger partial charge in [0.05, 0.1) is 0 Å². The Morgan fingerprint density at radius 2 is 2.29 bits per heavy atom. The largest absolute Gasteiger partial charge is 0.483 e. The molecule has 2 aromatic rings. The second-order valence-electron chi connectivity index (χ2n) is 4.18. The van der Waals surface area contributed by atoms with Crippen molar-refractivity contribution in [3.63, 3.8) is 0 Å². The normalized spacial score (nSPS) is 11.2. The number of nitrogens with zero attached hydrogens (tertiary/aromatic N) is 4. The number of amides is 1. The quantitative estimate of drug-likeness (QED) is 0.715. The summed E-state index contributed by atoms with van der Waals surface area (Å²) in [6, 6.07) is -0.422. The predicted molar refractivity (Wildman–Crippen MR) is 74.8 cm³/mol. The average Bonchev–Trinajstić information content (AvgIpc) is 3.09. The molecule has 1 amide bonds. The smallest absolute Gasteiger partial charge is 0.290 e. The summed E-state index contributed by atoms with van der Waals surface area (Å²) in [5.74, 6) is 0.425. The average molecular weight is 294 g/mol. The molecule has 3 N–H and O–H groups in total. The maximum atomic E-state index is 12.0. The fourth-order valence-electron chi connectivity index (χ4n) is 1.75. The Balaban J connectivity index is 0.000000677. The van der Waals surface area contributed by atoms with E-state index in [0.29, 0.717) is 5.82 Å². The number of hydrogen-bond acceptors (Lipinski definition) is 5. The first-order valence-electron chi connectivity index (χ1n) is 6.31. The lowest BCUT2D eigenvalue weighted by atomic mass is 10.2. The molecule has 0 aromatic carbocycles. The summed E-state index contributed by atoms with van der Waals surface area (Å²) in [5.41, 5.74) is 2.00. The highest BCUT2D eigenvalue weighted by molar-refractivity contribution is 5.93. The monoisotopic (exact) mass is 294 g/mol. The van der Waals surface area contributed by atoms with Gasteiger partial charge in [-0.3, -0.25) is 14.7 Å². The van der Waals surface area contributed by atoms with Crippen molar-refractivity contribution in [1.29, 1.82) is 0 Å². The third-order valence-corrected chi connectivity index (χ3v) is 2.88. The highest BCUT2D eigenvalue weighted by Crippen LogP contribution is 2.17. The molecule has 0 bridgehead atoms. The van der Waals surface area contributed by atoms with Gasteiger partial charge in [0.25, 0.3) is 6.47 Å². The fraction of sp³-hybridized carbons (Fsp3) is 0.417. The van der Waals surface area contributed by atoms with Crippen molar-refractivity contribution in [3.8, 4) is 0 Å². The van der Waals surface area contributed by atoms with Gasteiger partial charge in [-0.1, -0.05) is 6.92 Å². The maximum Gasteiger partial charge on any atom is 0.290 e. The van der Waals surface area contributed by atoms with Gasteiger partial charge in [0.2, 0.25) is 5.91 Å². The molecule has 0 spiro atoms. The highest BCUT2D eigenvalue weighted by Gasteiger charge is 2.18. The van der Waals surface area contributed by atoms with E-state index >= 15 is 0 Å². The molecule has 9 heteroatoms. The number of aromatic amines is 1. The zero-order valence-corrected chi connectivity index (χ0v) is 12.1. The number of H-pyrrole nitrogens is 1. The maximum absolute atomic E-state index is 12.0. The number of carbonyl (C=O) groups excluding carboxylic acids is 1. The number of hydrogen-bond donors (Lipinski definition) is 3. The molecule has 0 aliphatic rings. The van der Waals surface area contributed by atoms with Crippen molar-refractivity contribution >= 4 is 18.2 Å². The zero-order valence-electron chi connectivity index (χ0n) is 12.1. The molecule has 0 saturated heterocycles. The lowest BCUT2D eigenvalue weighted by molar-refractivity contribution is -0.123. The number of carboxylic acid groups (broad SMARTS) is 1. The van der Waals surface area contributed by atoms with Gasteiger partial charge in [0.1, 0.15) is 18.7 Å².